The fraction of sp³-hybridized carbons (Fsp3) is 0.125. The van der Waals surface area contributed by atoms with E-state index in [2.05, 4.69) is 10.4 Å². The lowest BCUT2D eigenvalue weighted by Crippen LogP contribution is -2.19. The highest BCUT2D eigenvalue weighted by Crippen LogP contribution is 2.25. The summed E-state index contributed by atoms with van der Waals surface area (Å²) >= 11 is 6.03. The zero-order valence-electron chi connectivity index (χ0n) is 12.7. The van der Waals surface area contributed by atoms with Gasteiger partial charge in [-0.05, 0) is 30.7 Å². The summed E-state index contributed by atoms with van der Waals surface area (Å²) in [5.74, 6) is -0.300. The van der Waals surface area contributed by atoms with Crippen LogP contribution in [0, 0.1) is 17.0 Å². The third-order valence-electron chi connectivity index (χ3n) is 3.61. The Bertz CT molecular complexity index is 952. The first-order chi connectivity index (χ1) is 11.5. The number of nitrogens with one attached hydrogen (secondary N) is 1. The molecule has 24 heavy (non-hydrogen) atoms. The molecule has 0 aliphatic heterocycles. The number of nitro groups is 1. The fourth-order valence-electron chi connectivity index (χ4n) is 2.38. The van der Waals surface area contributed by atoms with Crippen LogP contribution in [0.15, 0.2) is 42.6 Å². The number of aromatic nitrogens is 2. The third-order valence-corrected chi connectivity index (χ3v) is 4.02. The van der Waals surface area contributed by atoms with Crippen molar-refractivity contribution in [3.63, 3.8) is 0 Å². The monoisotopic (exact) mass is 344 g/mol. The van der Waals surface area contributed by atoms with E-state index in [4.69, 9.17) is 11.6 Å². The van der Waals surface area contributed by atoms with Gasteiger partial charge in [-0.1, -0.05) is 23.7 Å². The van der Waals surface area contributed by atoms with Gasteiger partial charge in [-0.25, -0.2) is 0 Å². The number of non-ortho nitro benzene ring substituents is 1. The van der Waals surface area contributed by atoms with E-state index >= 15 is 0 Å². The number of carbonyl (C=O) groups is 1. The molecule has 3 aromatic rings. The summed E-state index contributed by atoms with van der Waals surface area (Å²) in [5.41, 5.74) is 1.99. The molecular weight excluding hydrogens is 332 g/mol. The van der Waals surface area contributed by atoms with Crippen molar-refractivity contribution in [1.82, 2.24) is 9.78 Å². The Balaban J connectivity index is 1.82. The van der Waals surface area contributed by atoms with E-state index in [1.54, 1.807) is 24.3 Å². The van der Waals surface area contributed by atoms with Crippen molar-refractivity contribution in [3.8, 4) is 0 Å². The maximum atomic E-state index is 12.2. The predicted molar refractivity (Wildman–Crippen MR) is 91.2 cm³/mol. The van der Waals surface area contributed by atoms with Crippen molar-refractivity contribution in [1.29, 1.82) is 0 Å². The first kappa shape index (κ1) is 15.9. The molecule has 0 fully saturated rings. The molecule has 8 heteroatoms. The molecule has 0 bridgehead atoms. The minimum atomic E-state index is -0.470. The highest BCUT2D eigenvalue weighted by Gasteiger charge is 2.16. The van der Waals surface area contributed by atoms with E-state index in [-0.39, 0.29) is 18.1 Å². The van der Waals surface area contributed by atoms with Gasteiger partial charge >= 0.3 is 0 Å². The Morgan fingerprint density at radius 1 is 1.38 bits per heavy atom. The first-order valence-electron chi connectivity index (χ1n) is 7.10. The summed E-state index contributed by atoms with van der Waals surface area (Å²) in [7, 11) is 0. The van der Waals surface area contributed by atoms with Crippen LogP contribution in [0.1, 0.15) is 5.56 Å². The molecule has 1 N–H and O–H groups in total. The summed E-state index contributed by atoms with van der Waals surface area (Å²) < 4.78 is 1.42. The Labute approximate surface area is 142 Å². The molecule has 0 atom stereocenters. The molecule has 0 unspecified atom stereocenters. The van der Waals surface area contributed by atoms with Crippen LogP contribution in [0.3, 0.4) is 0 Å². The van der Waals surface area contributed by atoms with Gasteiger partial charge in [-0.2, -0.15) is 5.10 Å². The Hall–Kier alpha value is -2.93. The summed E-state index contributed by atoms with van der Waals surface area (Å²) in [6, 6.07) is 9.89. The SMILES string of the molecule is Cc1ccc(NC(=O)Cn2ncc3c([N+](=O)[O-])cccc32)cc1Cl. The summed E-state index contributed by atoms with van der Waals surface area (Å²) in [6.07, 6.45) is 1.39. The number of anilines is 1. The summed E-state index contributed by atoms with van der Waals surface area (Å²) in [5, 5.41) is 18.8. The van der Waals surface area contributed by atoms with E-state index in [1.807, 2.05) is 13.0 Å². The number of hydrogen-bond donors (Lipinski definition) is 1. The van der Waals surface area contributed by atoms with Crippen LogP contribution in [-0.4, -0.2) is 20.6 Å². The lowest BCUT2D eigenvalue weighted by atomic mass is 10.2. The molecular formula is C16H13ClN4O3. The van der Waals surface area contributed by atoms with Crippen LogP contribution < -0.4 is 5.32 Å². The largest absolute Gasteiger partial charge is 0.324 e. The maximum Gasteiger partial charge on any atom is 0.280 e. The van der Waals surface area contributed by atoms with E-state index in [9.17, 15) is 14.9 Å². The highest BCUT2D eigenvalue weighted by molar-refractivity contribution is 6.31. The number of amides is 1. The molecule has 3 rings (SSSR count). The van der Waals surface area contributed by atoms with Crippen LogP contribution in [0.25, 0.3) is 10.9 Å². The van der Waals surface area contributed by atoms with Gasteiger partial charge in [0.05, 0.1) is 22.0 Å². The molecule has 1 amide bonds. The summed E-state index contributed by atoms with van der Waals surface area (Å²) in [4.78, 5) is 22.7. The molecule has 0 aliphatic carbocycles. The summed E-state index contributed by atoms with van der Waals surface area (Å²) in [6.45, 7) is 1.81. The van der Waals surface area contributed by atoms with Crippen molar-refractivity contribution in [2.75, 3.05) is 5.32 Å². The van der Waals surface area contributed by atoms with Gasteiger partial charge in [0.25, 0.3) is 5.69 Å². The van der Waals surface area contributed by atoms with Crippen molar-refractivity contribution < 1.29 is 9.72 Å². The lowest BCUT2D eigenvalue weighted by Gasteiger charge is -2.07. The van der Waals surface area contributed by atoms with E-state index < -0.39 is 4.92 Å². The van der Waals surface area contributed by atoms with Crippen LogP contribution in [0.2, 0.25) is 5.02 Å². The van der Waals surface area contributed by atoms with Gasteiger partial charge in [0.15, 0.2) is 0 Å². The maximum absolute atomic E-state index is 12.2. The average molecular weight is 345 g/mol. The molecule has 122 valence electrons. The molecule has 0 saturated carbocycles. The highest BCUT2D eigenvalue weighted by atomic mass is 35.5. The van der Waals surface area contributed by atoms with Crippen molar-refractivity contribution in [3.05, 3.63) is 63.3 Å². The van der Waals surface area contributed by atoms with Gasteiger partial charge in [0, 0.05) is 16.8 Å². The quantitative estimate of drug-likeness (QED) is 0.579. The second kappa shape index (κ2) is 6.29. The van der Waals surface area contributed by atoms with Gasteiger partial charge in [-0.15, -0.1) is 0 Å². The molecule has 0 spiro atoms. The number of benzene rings is 2. The second-order valence-electron chi connectivity index (χ2n) is 5.28. The molecule has 7 nitrogen and oxygen atoms in total. The number of nitrogens with zero attached hydrogens (tertiary/aromatic N) is 3. The topological polar surface area (TPSA) is 90.1 Å². The smallest absolute Gasteiger partial charge is 0.280 e. The fourth-order valence-corrected chi connectivity index (χ4v) is 2.56. The van der Waals surface area contributed by atoms with Crippen molar-refractivity contribution in [2.24, 2.45) is 0 Å². The Morgan fingerprint density at radius 3 is 2.88 bits per heavy atom. The standard InChI is InChI=1S/C16H13ClN4O3/c1-10-5-6-11(7-13(10)17)19-16(22)9-20-14-3-2-4-15(21(23)24)12(14)8-18-20/h2-8H,9H2,1H3,(H,19,22). The number of fused-ring (bicyclic) bond motifs is 1. The number of nitro benzene ring substituents is 1. The van der Waals surface area contributed by atoms with Crippen LogP contribution in [-0.2, 0) is 11.3 Å². The van der Waals surface area contributed by atoms with E-state index in [0.717, 1.165) is 5.56 Å². The zero-order valence-corrected chi connectivity index (χ0v) is 13.4. The molecule has 2 aromatic carbocycles. The number of halogens is 1. The van der Waals surface area contributed by atoms with Crippen molar-refractivity contribution in [2.45, 2.75) is 13.5 Å². The van der Waals surface area contributed by atoms with Crippen molar-refractivity contribution >= 4 is 39.8 Å². The van der Waals surface area contributed by atoms with E-state index in [1.165, 1.54) is 16.9 Å². The van der Waals surface area contributed by atoms with Gasteiger partial charge in [-0.3, -0.25) is 19.6 Å². The van der Waals surface area contributed by atoms with Crippen LogP contribution >= 0.6 is 11.6 Å². The number of aryl methyl sites for hydroxylation is 1. The van der Waals surface area contributed by atoms with Gasteiger partial charge in [0.2, 0.25) is 5.91 Å². The van der Waals surface area contributed by atoms with Crippen LogP contribution in [0.4, 0.5) is 11.4 Å². The molecule has 0 aliphatic rings. The normalized spacial score (nSPS) is 10.8. The van der Waals surface area contributed by atoms with Gasteiger partial charge < -0.3 is 5.32 Å². The Kier molecular flexibility index (Phi) is 4.18. The molecule has 0 saturated heterocycles. The second-order valence-corrected chi connectivity index (χ2v) is 5.69. The molecule has 1 heterocycles. The number of carbonyl (C=O) groups excluding carboxylic acids is 1. The lowest BCUT2D eigenvalue weighted by molar-refractivity contribution is -0.383. The number of hydrogen-bond acceptors (Lipinski definition) is 4. The number of rotatable bonds is 4. The first-order valence-corrected chi connectivity index (χ1v) is 7.48. The molecule has 1 aromatic heterocycles. The minimum Gasteiger partial charge on any atom is -0.324 e. The van der Waals surface area contributed by atoms with E-state index in [0.29, 0.717) is 21.6 Å². The van der Waals surface area contributed by atoms with Crippen LogP contribution in [0.5, 0.6) is 0 Å². The minimum absolute atomic E-state index is 0.0375. The Morgan fingerprint density at radius 2 is 2.17 bits per heavy atom. The zero-order chi connectivity index (χ0) is 17.3. The third kappa shape index (κ3) is 3.07. The van der Waals surface area contributed by atoms with Gasteiger partial charge in [0.1, 0.15) is 6.54 Å². The predicted octanol–water partition coefficient (Wildman–Crippen LogP) is 3.55. The molecule has 0 radical (unpaired) electrons. The average Bonchev–Trinajstić information content (AvgIpc) is 2.94.